The number of nitrogens with one attached hydrogen (secondary N) is 1. The van der Waals surface area contributed by atoms with Gasteiger partial charge in [-0.15, -0.1) is 11.3 Å². The van der Waals surface area contributed by atoms with E-state index in [0.717, 1.165) is 47.9 Å². The Labute approximate surface area is 186 Å². The number of ketones is 1. The van der Waals surface area contributed by atoms with E-state index in [-0.39, 0.29) is 5.56 Å². The lowest BCUT2D eigenvalue weighted by atomic mass is 9.95. The van der Waals surface area contributed by atoms with Crippen molar-refractivity contribution in [3.8, 4) is 0 Å². The van der Waals surface area contributed by atoms with Gasteiger partial charge in [0.15, 0.2) is 6.61 Å². The summed E-state index contributed by atoms with van der Waals surface area (Å²) in [6, 6.07) is 5.72. The molecule has 0 radical (unpaired) electrons. The van der Waals surface area contributed by atoms with Crippen molar-refractivity contribution >= 4 is 34.0 Å². The van der Waals surface area contributed by atoms with Crippen molar-refractivity contribution in [3.63, 3.8) is 0 Å². The van der Waals surface area contributed by atoms with Crippen molar-refractivity contribution in [1.29, 1.82) is 0 Å². The predicted molar refractivity (Wildman–Crippen MR) is 114 cm³/mol. The van der Waals surface area contributed by atoms with Gasteiger partial charge in [-0.05, 0) is 61.6 Å². The lowest BCUT2D eigenvalue weighted by molar-refractivity contribution is 0.0473. The van der Waals surface area contributed by atoms with Crippen LogP contribution in [0.5, 0.6) is 0 Å². The van der Waals surface area contributed by atoms with Gasteiger partial charge in [0.2, 0.25) is 5.78 Å². The summed E-state index contributed by atoms with van der Waals surface area (Å²) < 4.78 is 32.4. The smallest absolute Gasteiger partial charge is 0.341 e. The van der Waals surface area contributed by atoms with Crippen LogP contribution in [0.2, 0.25) is 0 Å². The Morgan fingerprint density at radius 1 is 1.12 bits per heavy atom. The number of aromatic nitrogens is 1. The summed E-state index contributed by atoms with van der Waals surface area (Å²) in [6.45, 7) is -0.750. The number of fused-ring (bicyclic) bond motifs is 1. The minimum atomic E-state index is -0.898. The Morgan fingerprint density at radius 2 is 1.94 bits per heavy atom. The molecule has 2 aromatic heterocycles. The second kappa shape index (κ2) is 9.35. The molecule has 0 bridgehead atoms. The molecule has 0 spiro atoms. The molecule has 1 aliphatic carbocycles. The van der Waals surface area contributed by atoms with Crippen LogP contribution in [0.25, 0.3) is 0 Å². The zero-order valence-corrected chi connectivity index (χ0v) is 17.6. The number of amides is 1. The highest BCUT2D eigenvalue weighted by Crippen LogP contribution is 2.38. The second-order valence-corrected chi connectivity index (χ2v) is 8.34. The van der Waals surface area contributed by atoms with Crippen molar-refractivity contribution in [2.75, 3.05) is 11.9 Å². The van der Waals surface area contributed by atoms with Crippen LogP contribution in [0.3, 0.4) is 0 Å². The normalized spacial score (nSPS) is 12.7. The molecule has 1 N–H and O–H groups in total. The number of hydrogen-bond donors (Lipinski definition) is 1. The largest absolute Gasteiger partial charge is 0.454 e. The van der Waals surface area contributed by atoms with Crippen molar-refractivity contribution in [1.82, 2.24) is 4.98 Å². The van der Waals surface area contributed by atoms with Gasteiger partial charge < -0.3 is 10.1 Å². The minimum Gasteiger partial charge on any atom is -0.454 e. The Morgan fingerprint density at radius 3 is 2.72 bits per heavy atom. The number of ether oxygens (including phenoxy) is 1. The van der Waals surface area contributed by atoms with Gasteiger partial charge in [0.25, 0.3) is 5.91 Å². The average molecular weight is 456 g/mol. The molecular formula is C23H18F2N2O4S. The first-order valence-corrected chi connectivity index (χ1v) is 10.8. The van der Waals surface area contributed by atoms with Crippen LogP contribution in [0.1, 0.15) is 54.4 Å². The summed E-state index contributed by atoms with van der Waals surface area (Å²) in [4.78, 5) is 42.7. The van der Waals surface area contributed by atoms with Crippen LogP contribution in [0.15, 0.2) is 42.7 Å². The zero-order chi connectivity index (χ0) is 22.7. The molecule has 0 saturated heterocycles. The molecule has 4 rings (SSSR count). The molecule has 164 valence electrons. The standard InChI is InChI=1S/C23H18F2N2O4S/c24-14-7-8-17(25)16(10-14)18(28)12-31-23(30)20-15-5-1-2-6-19(15)32-22(20)27-21(29)13-4-3-9-26-11-13/h3-4,7-11H,1-2,5-6,12H2,(H,27,29). The Bertz CT molecular complexity index is 1190. The van der Waals surface area contributed by atoms with Crippen LogP contribution in [-0.4, -0.2) is 29.3 Å². The van der Waals surface area contributed by atoms with Crippen molar-refractivity contribution in [3.05, 3.63) is 81.5 Å². The summed E-state index contributed by atoms with van der Waals surface area (Å²) in [7, 11) is 0. The number of hydrogen-bond acceptors (Lipinski definition) is 6. The number of esters is 1. The van der Waals surface area contributed by atoms with E-state index in [1.54, 1.807) is 18.3 Å². The van der Waals surface area contributed by atoms with Crippen LogP contribution >= 0.6 is 11.3 Å². The van der Waals surface area contributed by atoms with E-state index in [1.165, 1.54) is 17.5 Å². The predicted octanol–water partition coefficient (Wildman–Crippen LogP) is 4.59. The number of aryl methyl sites for hydroxylation is 1. The molecule has 1 aliphatic rings. The second-order valence-electron chi connectivity index (χ2n) is 7.23. The highest BCUT2D eigenvalue weighted by Gasteiger charge is 2.28. The van der Waals surface area contributed by atoms with Crippen molar-refractivity contribution < 1.29 is 27.9 Å². The average Bonchev–Trinajstić information content (AvgIpc) is 3.17. The lowest BCUT2D eigenvalue weighted by Gasteiger charge is -2.13. The maximum atomic E-state index is 13.8. The first-order chi connectivity index (χ1) is 15.4. The molecule has 1 amide bonds. The third-order valence-corrected chi connectivity index (χ3v) is 6.30. The summed E-state index contributed by atoms with van der Waals surface area (Å²) >= 11 is 1.30. The Balaban J connectivity index is 1.55. The SMILES string of the molecule is O=C(Nc1sc2c(c1C(=O)OCC(=O)c1cc(F)ccc1F)CCCC2)c1cccnc1. The fraction of sp³-hybridized carbons (Fsp3) is 0.217. The van der Waals surface area contributed by atoms with Crippen molar-refractivity contribution in [2.45, 2.75) is 25.7 Å². The molecule has 0 fully saturated rings. The molecule has 6 nitrogen and oxygen atoms in total. The number of carbonyl (C=O) groups is 3. The highest BCUT2D eigenvalue weighted by atomic mass is 32.1. The fourth-order valence-electron chi connectivity index (χ4n) is 3.53. The van der Waals surface area contributed by atoms with Crippen LogP contribution in [0.4, 0.5) is 13.8 Å². The molecule has 1 aromatic carbocycles. The van der Waals surface area contributed by atoms with Gasteiger partial charge in [0.1, 0.15) is 16.6 Å². The van der Waals surface area contributed by atoms with E-state index < -0.39 is 41.5 Å². The molecule has 0 atom stereocenters. The summed E-state index contributed by atoms with van der Waals surface area (Å²) in [5.41, 5.74) is 0.830. The van der Waals surface area contributed by atoms with Gasteiger partial charge in [-0.2, -0.15) is 0 Å². The molecule has 2 heterocycles. The number of halogens is 2. The molecule has 0 saturated carbocycles. The third-order valence-electron chi connectivity index (χ3n) is 5.09. The van der Waals surface area contributed by atoms with E-state index in [9.17, 15) is 23.2 Å². The number of nitrogens with zero attached hydrogens (tertiary/aromatic N) is 1. The number of thiophene rings is 1. The van der Waals surface area contributed by atoms with Crippen LogP contribution < -0.4 is 5.32 Å². The maximum Gasteiger partial charge on any atom is 0.341 e. The topological polar surface area (TPSA) is 85.4 Å². The molecule has 0 unspecified atom stereocenters. The van der Waals surface area contributed by atoms with Gasteiger partial charge in [0, 0.05) is 17.3 Å². The summed E-state index contributed by atoms with van der Waals surface area (Å²) in [6.07, 6.45) is 6.22. The van der Waals surface area contributed by atoms with E-state index in [0.29, 0.717) is 17.0 Å². The first-order valence-electron chi connectivity index (χ1n) is 9.95. The molecule has 32 heavy (non-hydrogen) atoms. The van der Waals surface area contributed by atoms with Crippen LogP contribution in [-0.2, 0) is 17.6 Å². The highest BCUT2D eigenvalue weighted by molar-refractivity contribution is 7.17. The fourth-order valence-corrected chi connectivity index (χ4v) is 4.81. The maximum absolute atomic E-state index is 13.8. The van der Waals surface area contributed by atoms with Gasteiger partial charge in [-0.1, -0.05) is 0 Å². The van der Waals surface area contributed by atoms with E-state index in [1.807, 2.05) is 0 Å². The van der Waals surface area contributed by atoms with E-state index >= 15 is 0 Å². The number of pyridine rings is 1. The van der Waals surface area contributed by atoms with Crippen molar-refractivity contribution in [2.24, 2.45) is 0 Å². The summed E-state index contributed by atoms with van der Waals surface area (Å²) in [5, 5.41) is 3.08. The molecular weight excluding hydrogens is 438 g/mol. The monoisotopic (exact) mass is 456 g/mol. The third kappa shape index (κ3) is 4.57. The van der Waals surface area contributed by atoms with Gasteiger partial charge in [-0.3, -0.25) is 14.6 Å². The quantitative estimate of drug-likeness (QED) is 0.433. The number of anilines is 1. The molecule has 0 aliphatic heterocycles. The Hall–Kier alpha value is -3.46. The Kier molecular flexibility index (Phi) is 6.36. The summed E-state index contributed by atoms with van der Waals surface area (Å²) in [5.74, 6) is -3.75. The van der Waals surface area contributed by atoms with Gasteiger partial charge in [-0.25, -0.2) is 13.6 Å². The van der Waals surface area contributed by atoms with Crippen LogP contribution in [0, 0.1) is 11.6 Å². The number of rotatable bonds is 6. The molecule has 3 aromatic rings. The van der Waals surface area contributed by atoms with Gasteiger partial charge in [0.05, 0.1) is 16.7 Å². The van der Waals surface area contributed by atoms with E-state index in [4.69, 9.17) is 4.74 Å². The van der Waals surface area contributed by atoms with E-state index in [2.05, 4.69) is 10.3 Å². The lowest BCUT2D eigenvalue weighted by Crippen LogP contribution is -2.19. The zero-order valence-electron chi connectivity index (χ0n) is 16.8. The number of carbonyl (C=O) groups excluding carboxylic acids is 3. The first kappa shape index (κ1) is 21.8. The molecule has 9 heteroatoms. The number of benzene rings is 1. The number of Topliss-reactive ketones (excluding diaryl/α,β-unsaturated/α-hetero) is 1. The minimum absolute atomic E-state index is 0.203. The van der Waals surface area contributed by atoms with Gasteiger partial charge >= 0.3 is 5.97 Å².